The van der Waals surface area contributed by atoms with Crippen LogP contribution in [-0.4, -0.2) is 42.7 Å². The summed E-state index contributed by atoms with van der Waals surface area (Å²) >= 11 is 1.81. The van der Waals surface area contributed by atoms with Gasteiger partial charge in [0.1, 0.15) is 0 Å². The molecule has 2 N–H and O–H groups in total. The maximum atomic E-state index is 11.9. The third-order valence-corrected chi connectivity index (χ3v) is 3.77. The third-order valence-electron chi connectivity index (χ3n) is 2.64. The van der Waals surface area contributed by atoms with E-state index < -0.39 is 12.6 Å². The second-order valence-corrected chi connectivity index (χ2v) is 5.50. The molecule has 0 radical (unpaired) electrons. The molecule has 18 heavy (non-hydrogen) atoms. The molecule has 1 heterocycles. The molecule has 1 unspecified atom stereocenters. The lowest BCUT2D eigenvalue weighted by Crippen LogP contribution is -2.41. The molecule has 1 amide bonds. The Morgan fingerprint density at radius 1 is 1.39 bits per heavy atom. The lowest BCUT2D eigenvalue weighted by atomic mass is 10.2. The summed E-state index contributed by atoms with van der Waals surface area (Å²) < 4.78 is 35.6. The number of amides is 1. The Balaban J connectivity index is 1.99. The van der Waals surface area contributed by atoms with Crippen LogP contribution in [0.4, 0.5) is 13.2 Å². The molecule has 0 spiro atoms. The first-order chi connectivity index (χ1) is 8.47. The minimum atomic E-state index is -4.09. The summed E-state index contributed by atoms with van der Waals surface area (Å²) in [7, 11) is 0. The van der Waals surface area contributed by atoms with Crippen molar-refractivity contribution in [1.82, 2.24) is 10.6 Å². The van der Waals surface area contributed by atoms with Crippen molar-refractivity contribution < 1.29 is 18.0 Å². The first-order valence-electron chi connectivity index (χ1n) is 6.12. The molecule has 0 aromatic rings. The number of alkyl halides is 3. The van der Waals surface area contributed by atoms with Crippen LogP contribution in [-0.2, 0) is 4.79 Å². The van der Waals surface area contributed by atoms with Gasteiger partial charge in [0.15, 0.2) is 0 Å². The number of nitrogens with one attached hydrogen (secondary N) is 2. The highest BCUT2D eigenvalue weighted by atomic mass is 32.2. The fourth-order valence-electron chi connectivity index (χ4n) is 1.73. The molecule has 7 heteroatoms. The van der Waals surface area contributed by atoms with E-state index in [9.17, 15) is 18.0 Å². The molecular formula is C11H19F3N2OS. The maximum absolute atomic E-state index is 11.9. The number of halogens is 3. The van der Waals surface area contributed by atoms with Crippen LogP contribution in [0.15, 0.2) is 0 Å². The summed E-state index contributed by atoms with van der Waals surface area (Å²) in [4.78, 5) is 11.5. The van der Waals surface area contributed by atoms with Gasteiger partial charge in [-0.15, -0.1) is 0 Å². The number of rotatable bonds is 6. The first kappa shape index (κ1) is 15.6. The number of unbranched alkanes of at least 4 members (excludes halogenated alkanes) is 1. The largest absolute Gasteiger partial charge is 0.389 e. The Hall–Kier alpha value is -0.430. The standard InChI is InChI=1S/C11H19F3N2OS/c12-11(13,14)3-1-2-4-16-10(17)7-9-8-18-6-5-15-9/h9,15H,1-8H2,(H,16,17). The van der Waals surface area contributed by atoms with Crippen molar-refractivity contribution in [3.63, 3.8) is 0 Å². The van der Waals surface area contributed by atoms with Gasteiger partial charge in [0.2, 0.25) is 5.91 Å². The molecule has 0 saturated carbocycles. The van der Waals surface area contributed by atoms with E-state index in [0.29, 0.717) is 19.4 Å². The topological polar surface area (TPSA) is 41.1 Å². The van der Waals surface area contributed by atoms with E-state index in [-0.39, 0.29) is 18.4 Å². The van der Waals surface area contributed by atoms with Gasteiger partial charge in [-0.25, -0.2) is 0 Å². The van der Waals surface area contributed by atoms with Gasteiger partial charge in [0.25, 0.3) is 0 Å². The number of hydrogen-bond donors (Lipinski definition) is 2. The number of carbonyl (C=O) groups excluding carboxylic acids is 1. The predicted molar refractivity (Wildman–Crippen MR) is 66.6 cm³/mol. The van der Waals surface area contributed by atoms with Crippen molar-refractivity contribution in [2.75, 3.05) is 24.6 Å². The van der Waals surface area contributed by atoms with Crippen LogP contribution < -0.4 is 10.6 Å². The van der Waals surface area contributed by atoms with Crippen molar-refractivity contribution in [3.8, 4) is 0 Å². The summed E-state index contributed by atoms with van der Waals surface area (Å²) in [5.41, 5.74) is 0. The Bertz CT molecular complexity index is 255. The van der Waals surface area contributed by atoms with E-state index in [4.69, 9.17) is 0 Å². The van der Waals surface area contributed by atoms with Gasteiger partial charge in [0, 0.05) is 43.5 Å². The van der Waals surface area contributed by atoms with E-state index in [1.165, 1.54) is 0 Å². The molecule has 1 atom stereocenters. The zero-order valence-corrected chi connectivity index (χ0v) is 11.0. The van der Waals surface area contributed by atoms with Crippen molar-refractivity contribution in [2.24, 2.45) is 0 Å². The fourth-order valence-corrected chi connectivity index (χ4v) is 2.67. The molecule has 1 saturated heterocycles. The molecule has 3 nitrogen and oxygen atoms in total. The normalized spacial score (nSPS) is 20.7. The molecule has 1 aliphatic heterocycles. The molecule has 0 bridgehead atoms. The second-order valence-electron chi connectivity index (χ2n) is 4.35. The van der Waals surface area contributed by atoms with Gasteiger partial charge in [-0.3, -0.25) is 4.79 Å². The molecule has 106 valence electrons. The van der Waals surface area contributed by atoms with E-state index >= 15 is 0 Å². The summed E-state index contributed by atoms with van der Waals surface area (Å²) in [6.45, 7) is 1.24. The molecule has 0 aromatic carbocycles. The van der Waals surface area contributed by atoms with Crippen LogP contribution in [0.25, 0.3) is 0 Å². The first-order valence-corrected chi connectivity index (χ1v) is 7.27. The van der Waals surface area contributed by atoms with Crippen molar-refractivity contribution in [2.45, 2.75) is 37.9 Å². The average Bonchev–Trinajstić information content (AvgIpc) is 2.28. The SMILES string of the molecule is O=C(CC1CSCCN1)NCCCCC(F)(F)F. The molecule has 1 rings (SSSR count). The lowest BCUT2D eigenvalue weighted by molar-refractivity contribution is -0.135. The minimum absolute atomic E-state index is 0.0707. The maximum Gasteiger partial charge on any atom is 0.389 e. The van der Waals surface area contributed by atoms with Gasteiger partial charge in [-0.05, 0) is 12.8 Å². The van der Waals surface area contributed by atoms with Crippen LogP contribution in [0.5, 0.6) is 0 Å². The van der Waals surface area contributed by atoms with Crippen molar-refractivity contribution in [3.05, 3.63) is 0 Å². The third kappa shape index (κ3) is 7.81. The summed E-state index contributed by atoms with van der Waals surface area (Å²) in [6.07, 6.45) is -4.01. The Labute approximate surface area is 109 Å². The lowest BCUT2D eigenvalue weighted by Gasteiger charge is -2.22. The van der Waals surface area contributed by atoms with E-state index in [0.717, 1.165) is 18.1 Å². The molecule has 0 aromatic heterocycles. The van der Waals surface area contributed by atoms with Crippen LogP contribution in [0, 0.1) is 0 Å². The highest BCUT2D eigenvalue weighted by molar-refractivity contribution is 7.99. The zero-order chi connectivity index (χ0) is 13.4. The van der Waals surface area contributed by atoms with Crippen LogP contribution in [0.1, 0.15) is 25.7 Å². The smallest absolute Gasteiger partial charge is 0.356 e. The van der Waals surface area contributed by atoms with Gasteiger partial charge in [0.05, 0.1) is 0 Å². The molecule has 0 aliphatic carbocycles. The molecular weight excluding hydrogens is 265 g/mol. The van der Waals surface area contributed by atoms with Crippen molar-refractivity contribution >= 4 is 17.7 Å². The van der Waals surface area contributed by atoms with E-state index in [1.54, 1.807) is 0 Å². The Morgan fingerprint density at radius 2 is 2.17 bits per heavy atom. The Kier molecular flexibility index (Phi) is 6.85. The van der Waals surface area contributed by atoms with Gasteiger partial charge in [-0.1, -0.05) is 0 Å². The highest BCUT2D eigenvalue weighted by Gasteiger charge is 2.25. The molecule has 1 fully saturated rings. The minimum Gasteiger partial charge on any atom is -0.356 e. The van der Waals surface area contributed by atoms with Gasteiger partial charge >= 0.3 is 6.18 Å². The zero-order valence-electron chi connectivity index (χ0n) is 10.2. The quantitative estimate of drug-likeness (QED) is 0.732. The Morgan fingerprint density at radius 3 is 2.78 bits per heavy atom. The summed E-state index contributed by atoms with van der Waals surface area (Å²) in [5.74, 6) is 1.90. The predicted octanol–water partition coefficient (Wildman–Crippen LogP) is 1.93. The van der Waals surface area contributed by atoms with E-state index in [1.807, 2.05) is 11.8 Å². The summed E-state index contributed by atoms with van der Waals surface area (Å²) in [6, 6.07) is 0.193. The second kappa shape index (κ2) is 7.89. The monoisotopic (exact) mass is 284 g/mol. The average molecular weight is 284 g/mol. The van der Waals surface area contributed by atoms with Crippen LogP contribution >= 0.6 is 11.8 Å². The van der Waals surface area contributed by atoms with Crippen LogP contribution in [0.2, 0.25) is 0 Å². The highest BCUT2D eigenvalue weighted by Crippen LogP contribution is 2.21. The van der Waals surface area contributed by atoms with E-state index in [2.05, 4.69) is 10.6 Å². The fraction of sp³-hybridized carbons (Fsp3) is 0.909. The molecule has 1 aliphatic rings. The van der Waals surface area contributed by atoms with Gasteiger partial charge in [-0.2, -0.15) is 24.9 Å². The summed E-state index contributed by atoms with van der Waals surface area (Å²) in [5, 5.41) is 5.90. The number of carbonyl (C=O) groups is 1. The van der Waals surface area contributed by atoms with Crippen LogP contribution in [0.3, 0.4) is 0 Å². The van der Waals surface area contributed by atoms with Crippen molar-refractivity contribution in [1.29, 1.82) is 0 Å². The number of thioether (sulfide) groups is 1. The number of hydrogen-bond acceptors (Lipinski definition) is 3. The van der Waals surface area contributed by atoms with Gasteiger partial charge < -0.3 is 10.6 Å².